The highest BCUT2D eigenvalue weighted by Gasteiger charge is 2.27. The zero-order chi connectivity index (χ0) is 17.6. The molecule has 2 aromatic rings. The SMILES string of the molecule is CCOC(=O)CN(Cc1ccccc1)S(=O)(=O)c1cccc(C)c1. The van der Waals surface area contributed by atoms with E-state index in [9.17, 15) is 13.2 Å². The summed E-state index contributed by atoms with van der Waals surface area (Å²) in [7, 11) is -3.80. The third kappa shape index (κ3) is 4.66. The van der Waals surface area contributed by atoms with Gasteiger partial charge in [0, 0.05) is 6.54 Å². The first-order valence-electron chi connectivity index (χ1n) is 7.70. The second-order valence-corrected chi connectivity index (χ2v) is 7.32. The molecule has 6 heteroatoms. The average molecular weight is 347 g/mol. The maximum absolute atomic E-state index is 12.9. The van der Waals surface area contributed by atoms with Gasteiger partial charge in [0.2, 0.25) is 10.0 Å². The monoisotopic (exact) mass is 347 g/mol. The van der Waals surface area contributed by atoms with Gasteiger partial charge < -0.3 is 4.74 Å². The lowest BCUT2D eigenvalue weighted by Crippen LogP contribution is -2.36. The molecule has 2 aromatic carbocycles. The summed E-state index contributed by atoms with van der Waals surface area (Å²) in [4.78, 5) is 12.0. The van der Waals surface area contributed by atoms with Gasteiger partial charge in [-0.1, -0.05) is 42.5 Å². The van der Waals surface area contributed by atoms with Gasteiger partial charge >= 0.3 is 5.97 Å². The van der Waals surface area contributed by atoms with Crippen LogP contribution in [0.2, 0.25) is 0 Å². The molecule has 0 radical (unpaired) electrons. The number of esters is 1. The minimum Gasteiger partial charge on any atom is -0.465 e. The van der Waals surface area contributed by atoms with Gasteiger partial charge in [0.15, 0.2) is 0 Å². The van der Waals surface area contributed by atoms with Crippen LogP contribution >= 0.6 is 0 Å². The van der Waals surface area contributed by atoms with Crippen LogP contribution in [0.15, 0.2) is 59.5 Å². The van der Waals surface area contributed by atoms with Gasteiger partial charge in [-0.25, -0.2) is 8.42 Å². The van der Waals surface area contributed by atoms with Crippen molar-refractivity contribution in [1.29, 1.82) is 0 Å². The predicted octanol–water partition coefficient (Wildman–Crippen LogP) is 2.75. The Morgan fingerprint density at radius 3 is 2.42 bits per heavy atom. The summed E-state index contributed by atoms with van der Waals surface area (Å²) in [5, 5.41) is 0. The Labute approximate surface area is 142 Å². The van der Waals surface area contributed by atoms with Crippen LogP contribution in [0.5, 0.6) is 0 Å². The van der Waals surface area contributed by atoms with E-state index in [1.807, 2.05) is 43.3 Å². The molecule has 128 valence electrons. The van der Waals surface area contributed by atoms with E-state index in [-0.39, 0.29) is 24.6 Å². The van der Waals surface area contributed by atoms with E-state index in [1.54, 1.807) is 19.1 Å². The fourth-order valence-electron chi connectivity index (χ4n) is 2.29. The number of hydrogen-bond acceptors (Lipinski definition) is 4. The molecule has 24 heavy (non-hydrogen) atoms. The summed E-state index contributed by atoms with van der Waals surface area (Å²) in [6.07, 6.45) is 0. The van der Waals surface area contributed by atoms with E-state index < -0.39 is 16.0 Å². The van der Waals surface area contributed by atoms with Gasteiger partial charge in [-0.05, 0) is 37.1 Å². The zero-order valence-electron chi connectivity index (χ0n) is 13.8. The maximum Gasteiger partial charge on any atom is 0.321 e. The number of aryl methyl sites for hydroxylation is 1. The van der Waals surface area contributed by atoms with Crippen molar-refractivity contribution in [1.82, 2.24) is 4.31 Å². The maximum atomic E-state index is 12.9. The van der Waals surface area contributed by atoms with Crippen LogP contribution in [0.3, 0.4) is 0 Å². The van der Waals surface area contributed by atoms with Crippen LogP contribution < -0.4 is 0 Å². The molecule has 0 unspecified atom stereocenters. The summed E-state index contributed by atoms with van der Waals surface area (Å²) in [6, 6.07) is 15.8. The first-order chi connectivity index (χ1) is 11.4. The summed E-state index contributed by atoms with van der Waals surface area (Å²) in [6.45, 7) is 3.51. The van der Waals surface area contributed by atoms with Gasteiger partial charge in [0.1, 0.15) is 6.54 Å². The highest BCUT2D eigenvalue weighted by molar-refractivity contribution is 7.89. The second kappa shape index (κ2) is 8.08. The van der Waals surface area contributed by atoms with Gasteiger partial charge in [-0.3, -0.25) is 4.79 Å². The molecule has 0 aliphatic carbocycles. The smallest absolute Gasteiger partial charge is 0.321 e. The molecule has 0 aliphatic heterocycles. The van der Waals surface area contributed by atoms with Crippen LogP contribution in [0.25, 0.3) is 0 Å². The Morgan fingerprint density at radius 2 is 1.79 bits per heavy atom. The number of ether oxygens (including phenoxy) is 1. The molecule has 0 atom stereocenters. The number of nitrogens with zero attached hydrogens (tertiary/aromatic N) is 1. The number of hydrogen-bond donors (Lipinski definition) is 0. The van der Waals surface area contributed by atoms with Crippen molar-refractivity contribution in [3.05, 3.63) is 65.7 Å². The van der Waals surface area contributed by atoms with Crippen molar-refractivity contribution >= 4 is 16.0 Å². The summed E-state index contributed by atoms with van der Waals surface area (Å²) >= 11 is 0. The number of carbonyl (C=O) groups is 1. The van der Waals surface area contributed by atoms with E-state index in [0.29, 0.717) is 0 Å². The summed E-state index contributed by atoms with van der Waals surface area (Å²) in [5.41, 5.74) is 1.64. The van der Waals surface area contributed by atoms with Crippen molar-refractivity contribution in [2.24, 2.45) is 0 Å². The van der Waals surface area contributed by atoms with Gasteiger partial charge in [0.05, 0.1) is 11.5 Å². The molecular weight excluding hydrogens is 326 g/mol. The number of sulfonamides is 1. The van der Waals surface area contributed by atoms with E-state index in [1.165, 1.54) is 6.07 Å². The lowest BCUT2D eigenvalue weighted by molar-refractivity contribution is -0.143. The Balaban J connectivity index is 2.34. The van der Waals surface area contributed by atoms with Crippen molar-refractivity contribution in [2.75, 3.05) is 13.2 Å². The van der Waals surface area contributed by atoms with E-state index in [4.69, 9.17) is 4.74 Å². The van der Waals surface area contributed by atoms with Crippen LogP contribution in [0.1, 0.15) is 18.1 Å². The van der Waals surface area contributed by atoms with E-state index in [0.717, 1.165) is 15.4 Å². The average Bonchev–Trinajstić information content (AvgIpc) is 2.55. The highest BCUT2D eigenvalue weighted by atomic mass is 32.2. The molecule has 2 rings (SSSR count). The molecule has 0 saturated carbocycles. The summed E-state index contributed by atoms with van der Waals surface area (Å²) < 4.78 is 32.0. The third-order valence-corrected chi connectivity index (χ3v) is 5.23. The molecule has 0 N–H and O–H groups in total. The van der Waals surface area contributed by atoms with Crippen LogP contribution in [0.4, 0.5) is 0 Å². The standard InChI is InChI=1S/C18H21NO4S/c1-3-23-18(20)14-19(13-16-9-5-4-6-10-16)24(21,22)17-11-7-8-15(2)12-17/h4-12H,3,13-14H2,1-2H3. The largest absolute Gasteiger partial charge is 0.465 e. The first-order valence-corrected chi connectivity index (χ1v) is 9.14. The minimum atomic E-state index is -3.80. The van der Waals surface area contributed by atoms with Gasteiger partial charge in [-0.2, -0.15) is 4.31 Å². The molecule has 0 saturated heterocycles. The third-order valence-electron chi connectivity index (χ3n) is 3.44. The lowest BCUT2D eigenvalue weighted by atomic mass is 10.2. The molecule has 0 bridgehead atoms. The normalized spacial score (nSPS) is 11.5. The molecule has 5 nitrogen and oxygen atoms in total. The summed E-state index contributed by atoms with van der Waals surface area (Å²) in [5.74, 6) is -0.565. The molecule has 0 spiro atoms. The van der Waals surface area contributed by atoms with E-state index >= 15 is 0 Å². The molecule has 0 fully saturated rings. The number of benzene rings is 2. The van der Waals surface area contributed by atoms with Crippen LogP contribution in [0, 0.1) is 6.92 Å². The molecule has 0 heterocycles. The fourth-order valence-corrected chi connectivity index (χ4v) is 3.77. The van der Waals surface area contributed by atoms with Gasteiger partial charge in [0.25, 0.3) is 0 Å². The Bertz CT molecular complexity index is 788. The van der Waals surface area contributed by atoms with Crippen molar-refractivity contribution < 1.29 is 17.9 Å². The predicted molar refractivity (Wildman–Crippen MR) is 91.8 cm³/mol. The molecule has 0 aliphatic rings. The zero-order valence-corrected chi connectivity index (χ0v) is 14.6. The Kier molecular flexibility index (Phi) is 6.11. The number of rotatable bonds is 7. The van der Waals surface area contributed by atoms with Crippen molar-refractivity contribution in [3.8, 4) is 0 Å². The minimum absolute atomic E-state index is 0.107. The molecular formula is C18H21NO4S. The Morgan fingerprint density at radius 1 is 1.08 bits per heavy atom. The van der Waals surface area contributed by atoms with E-state index in [2.05, 4.69) is 0 Å². The van der Waals surface area contributed by atoms with Crippen molar-refractivity contribution in [3.63, 3.8) is 0 Å². The molecule has 0 amide bonds. The van der Waals surface area contributed by atoms with Gasteiger partial charge in [-0.15, -0.1) is 0 Å². The fraction of sp³-hybridized carbons (Fsp3) is 0.278. The van der Waals surface area contributed by atoms with Crippen molar-refractivity contribution in [2.45, 2.75) is 25.3 Å². The van der Waals surface area contributed by atoms with Crippen LogP contribution in [-0.4, -0.2) is 31.8 Å². The first kappa shape index (κ1) is 18.2. The number of carbonyl (C=O) groups excluding carboxylic acids is 1. The highest BCUT2D eigenvalue weighted by Crippen LogP contribution is 2.19. The quantitative estimate of drug-likeness (QED) is 0.723. The second-order valence-electron chi connectivity index (χ2n) is 5.38. The lowest BCUT2D eigenvalue weighted by Gasteiger charge is -2.21. The van der Waals surface area contributed by atoms with Crippen LogP contribution in [-0.2, 0) is 26.1 Å². The topological polar surface area (TPSA) is 63.7 Å². The molecule has 0 aromatic heterocycles. The Hall–Kier alpha value is -2.18.